The molecule has 9 nitrogen and oxygen atoms in total. The third kappa shape index (κ3) is 4.53. The van der Waals surface area contributed by atoms with Crippen molar-refractivity contribution in [2.45, 2.75) is 19.1 Å². The van der Waals surface area contributed by atoms with Gasteiger partial charge in [0.25, 0.3) is 5.91 Å². The molecular weight excluding hydrogens is 314 g/mol. The highest BCUT2D eigenvalue weighted by Crippen LogP contribution is 2.11. The maximum atomic E-state index is 12.1. The molecule has 1 amide bonds. The number of aromatic nitrogens is 3. The Morgan fingerprint density at radius 1 is 1.29 bits per heavy atom. The fraction of sp³-hybridized carbons (Fsp3) is 0.333. The van der Waals surface area contributed by atoms with Crippen molar-refractivity contribution in [3.63, 3.8) is 0 Å². The molecule has 1 atom stereocenters. The molecule has 0 saturated carbocycles. The lowest BCUT2D eigenvalue weighted by atomic mass is 10.2. The van der Waals surface area contributed by atoms with E-state index in [9.17, 15) is 9.59 Å². The third-order valence-electron chi connectivity index (χ3n) is 3.27. The number of esters is 1. The summed E-state index contributed by atoms with van der Waals surface area (Å²) >= 11 is 0. The Hall–Kier alpha value is -2.94. The summed E-state index contributed by atoms with van der Waals surface area (Å²) in [5.74, 6) is -0.185. The number of amides is 1. The molecule has 128 valence electrons. The normalized spacial score (nSPS) is 11.6. The summed E-state index contributed by atoms with van der Waals surface area (Å²) in [6.45, 7) is 0.419. The number of carbonyl (C=O) groups is 2. The topological polar surface area (TPSA) is 121 Å². The van der Waals surface area contributed by atoms with Crippen LogP contribution in [-0.4, -0.2) is 47.1 Å². The quantitative estimate of drug-likeness (QED) is 0.668. The predicted molar refractivity (Wildman–Crippen MR) is 84.2 cm³/mol. The second-order valence-electron chi connectivity index (χ2n) is 4.99. The highest BCUT2D eigenvalue weighted by atomic mass is 16.5. The van der Waals surface area contributed by atoms with E-state index in [1.807, 2.05) is 24.3 Å². The summed E-state index contributed by atoms with van der Waals surface area (Å²) in [4.78, 5) is 23.3. The van der Waals surface area contributed by atoms with E-state index >= 15 is 0 Å². The maximum Gasteiger partial charge on any atom is 0.324 e. The van der Waals surface area contributed by atoms with Gasteiger partial charge in [0, 0.05) is 6.54 Å². The lowest BCUT2D eigenvalue weighted by Crippen LogP contribution is -2.36. The predicted octanol–water partition coefficient (Wildman–Crippen LogP) is -0.283. The highest BCUT2D eigenvalue weighted by molar-refractivity contribution is 5.91. The first-order chi connectivity index (χ1) is 11.5. The van der Waals surface area contributed by atoms with Crippen molar-refractivity contribution in [3.8, 4) is 5.75 Å². The van der Waals surface area contributed by atoms with Gasteiger partial charge in [0.15, 0.2) is 5.69 Å². The summed E-state index contributed by atoms with van der Waals surface area (Å²) in [6, 6.07) is 6.46. The second-order valence-corrected chi connectivity index (χ2v) is 4.99. The molecule has 0 radical (unpaired) electrons. The van der Waals surface area contributed by atoms with Crippen molar-refractivity contribution in [3.05, 3.63) is 41.7 Å². The zero-order chi connectivity index (χ0) is 17.5. The molecule has 3 N–H and O–H groups in total. The fourth-order valence-electron chi connectivity index (χ4n) is 1.94. The molecule has 1 unspecified atom stereocenters. The molecule has 1 aromatic heterocycles. The van der Waals surface area contributed by atoms with E-state index in [0.29, 0.717) is 6.54 Å². The number of ether oxygens (including phenoxy) is 2. The molecule has 1 heterocycles. The molecule has 0 fully saturated rings. The van der Waals surface area contributed by atoms with Crippen molar-refractivity contribution in [2.75, 3.05) is 14.2 Å². The summed E-state index contributed by atoms with van der Waals surface area (Å²) in [6.07, 6.45) is 1.42. The van der Waals surface area contributed by atoms with E-state index < -0.39 is 12.0 Å². The lowest BCUT2D eigenvalue weighted by Gasteiger charge is -2.07. The van der Waals surface area contributed by atoms with Crippen LogP contribution in [0.15, 0.2) is 30.5 Å². The van der Waals surface area contributed by atoms with Gasteiger partial charge >= 0.3 is 5.97 Å². The molecule has 0 aliphatic carbocycles. The number of nitrogens with zero attached hydrogens (tertiary/aromatic N) is 3. The van der Waals surface area contributed by atoms with Gasteiger partial charge in [0.05, 0.1) is 27.0 Å². The number of carbonyl (C=O) groups excluding carboxylic acids is 2. The van der Waals surface area contributed by atoms with Crippen LogP contribution < -0.4 is 15.8 Å². The van der Waals surface area contributed by atoms with Crippen LogP contribution in [0.5, 0.6) is 5.75 Å². The number of rotatable bonds is 7. The van der Waals surface area contributed by atoms with E-state index in [1.54, 1.807) is 7.11 Å². The van der Waals surface area contributed by atoms with Gasteiger partial charge in [-0.1, -0.05) is 17.3 Å². The molecule has 0 aliphatic heterocycles. The number of nitrogens with one attached hydrogen (secondary N) is 1. The lowest BCUT2D eigenvalue weighted by molar-refractivity contribution is -0.142. The minimum absolute atomic E-state index is 0.0748. The zero-order valence-corrected chi connectivity index (χ0v) is 13.4. The fourth-order valence-corrected chi connectivity index (χ4v) is 1.94. The number of hydrogen-bond donors (Lipinski definition) is 2. The minimum Gasteiger partial charge on any atom is -0.497 e. The average molecular weight is 333 g/mol. The summed E-state index contributed by atoms with van der Waals surface area (Å²) in [5, 5.41) is 10.3. The van der Waals surface area contributed by atoms with Crippen LogP contribution in [0.2, 0.25) is 0 Å². The zero-order valence-electron chi connectivity index (χ0n) is 13.4. The van der Waals surface area contributed by atoms with Crippen molar-refractivity contribution in [1.29, 1.82) is 0 Å². The van der Waals surface area contributed by atoms with Crippen LogP contribution in [0.1, 0.15) is 16.1 Å². The Labute approximate surface area is 138 Å². The molecule has 2 aromatic rings. The molecule has 2 rings (SSSR count). The van der Waals surface area contributed by atoms with Crippen molar-refractivity contribution in [2.24, 2.45) is 5.73 Å². The Kier molecular flexibility index (Phi) is 5.85. The standard InChI is InChI=1S/C15H19N5O4/c1-23-11-5-3-10(4-6-11)7-17-14(21)13-9-20(19-18-13)8-12(16)15(22)24-2/h3-6,9,12H,7-8,16H2,1-2H3,(H,17,21). The van der Waals surface area contributed by atoms with E-state index in [2.05, 4.69) is 20.4 Å². The summed E-state index contributed by atoms with van der Waals surface area (Å²) < 4.78 is 10.9. The van der Waals surface area contributed by atoms with Crippen LogP contribution in [0, 0.1) is 0 Å². The van der Waals surface area contributed by atoms with Crippen LogP contribution in [0.3, 0.4) is 0 Å². The molecular formula is C15H19N5O4. The number of benzene rings is 1. The molecule has 0 spiro atoms. The SMILES string of the molecule is COC(=O)C(N)Cn1cc(C(=O)NCc2ccc(OC)cc2)nn1. The van der Waals surface area contributed by atoms with Gasteiger partial charge in [0.1, 0.15) is 11.8 Å². The molecule has 0 aliphatic rings. The van der Waals surface area contributed by atoms with E-state index in [-0.39, 0.29) is 18.1 Å². The second kappa shape index (κ2) is 8.06. The van der Waals surface area contributed by atoms with Crippen LogP contribution in [0.4, 0.5) is 0 Å². The Balaban J connectivity index is 1.89. The van der Waals surface area contributed by atoms with Gasteiger partial charge in [-0.3, -0.25) is 9.59 Å². The maximum absolute atomic E-state index is 12.1. The van der Waals surface area contributed by atoms with Gasteiger partial charge in [-0.2, -0.15) is 0 Å². The Morgan fingerprint density at radius 2 is 2.00 bits per heavy atom. The number of hydrogen-bond acceptors (Lipinski definition) is 7. The van der Waals surface area contributed by atoms with Crippen molar-refractivity contribution in [1.82, 2.24) is 20.3 Å². The number of methoxy groups -OCH3 is 2. The smallest absolute Gasteiger partial charge is 0.324 e. The monoisotopic (exact) mass is 333 g/mol. The van der Waals surface area contributed by atoms with E-state index in [0.717, 1.165) is 11.3 Å². The van der Waals surface area contributed by atoms with E-state index in [4.69, 9.17) is 10.5 Å². The van der Waals surface area contributed by atoms with Gasteiger partial charge < -0.3 is 20.5 Å². The van der Waals surface area contributed by atoms with Crippen molar-refractivity contribution < 1.29 is 19.1 Å². The Bertz CT molecular complexity index is 698. The molecule has 1 aromatic carbocycles. The average Bonchev–Trinajstić information content (AvgIpc) is 3.07. The molecule has 0 saturated heterocycles. The largest absolute Gasteiger partial charge is 0.497 e. The van der Waals surface area contributed by atoms with Crippen LogP contribution in [0.25, 0.3) is 0 Å². The first-order valence-electron chi connectivity index (χ1n) is 7.18. The van der Waals surface area contributed by atoms with Crippen LogP contribution >= 0.6 is 0 Å². The first kappa shape index (κ1) is 17.4. The van der Waals surface area contributed by atoms with Gasteiger partial charge in [-0.15, -0.1) is 5.10 Å². The van der Waals surface area contributed by atoms with Crippen LogP contribution in [-0.2, 0) is 22.6 Å². The number of nitrogens with two attached hydrogens (primary N) is 1. The van der Waals surface area contributed by atoms with Gasteiger partial charge in [-0.25, -0.2) is 4.68 Å². The first-order valence-corrected chi connectivity index (χ1v) is 7.18. The van der Waals surface area contributed by atoms with E-state index in [1.165, 1.54) is 18.0 Å². The summed E-state index contributed by atoms with van der Waals surface area (Å²) in [5.41, 5.74) is 6.69. The minimum atomic E-state index is -0.869. The molecule has 24 heavy (non-hydrogen) atoms. The molecule has 9 heteroatoms. The third-order valence-corrected chi connectivity index (χ3v) is 3.27. The highest BCUT2D eigenvalue weighted by Gasteiger charge is 2.17. The molecule has 0 bridgehead atoms. The van der Waals surface area contributed by atoms with Gasteiger partial charge in [0.2, 0.25) is 0 Å². The Morgan fingerprint density at radius 3 is 2.62 bits per heavy atom. The van der Waals surface area contributed by atoms with Crippen molar-refractivity contribution >= 4 is 11.9 Å². The van der Waals surface area contributed by atoms with Gasteiger partial charge in [-0.05, 0) is 17.7 Å². The summed E-state index contributed by atoms with van der Waals surface area (Å²) in [7, 11) is 2.84.